The van der Waals surface area contributed by atoms with Crippen LogP contribution >= 0.6 is 0 Å². The summed E-state index contributed by atoms with van der Waals surface area (Å²) in [5.41, 5.74) is 3.01. The SMILES string of the molecule is C#CC(C)(C)C#C[Si](C)(C)C. The van der Waals surface area contributed by atoms with E-state index in [2.05, 4.69) is 37.0 Å². The summed E-state index contributed by atoms with van der Waals surface area (Å²) in [6.07, 6.45) is 5.30. The molecule has 0 spiro atoms. The Morgan fingerprint density at radius 1 is 1.18 bits per heavy atom. The highest BCUT2D eigenvalue weighted by atomic mass is 28.3. The molecule has 0 amide bonds. The Bertz CT molecular complexity index is 224. The van der Waals surface area contributed by atoms with Crippen molar-refractivity contribution in [2.24, 2.45) is 5.41 Å². The summed E-state index contributed by atoms with van der Waals surface area (Å²) in [4.78, 5) is 0. The van der Waals surface area contributed by atoms with Gasteiger partial charge in [0, 0.05) is 0 Å². The molecule has 1 heteroatoms. The minimum absolute atomic E-state index is 0.250. The van der Waals surface area contributed by atoms with Gasteiger partial charge in [-0.05, 0) is 13.8 Å². The minimum atomic E-state index is -1.24. The van der Waals surface area contributed by atoms with E-state index in [-0.39, 0.29) is 5.41 Å². The largest absolute Gasteiger partial charge is 0.130 e. The molecule has 0 aromatic carbocycles. The molecule has 0 unspecified atom stereocenters. The number of hydrogen-bond donors (Lipinski definition) is 0. The standard InChI is InChI=1S/C10H16Si/c1-7-10(2,3)8-9-11(4,5)6/h1H,2-6H3. The first-order chi connectivity index (χ1) is 4.77. The molecule has 0 nitrogen and oxygen atoms in total. The van der Waals surface area contributed by atoms with E-state index in [1.807, 2.05) is 13.8 Å². The first kappa shape index (κ1) is 10.3. The van der Waals surface area contributed by atoms with Gasteiger partial charge in [-0.1, -0.05) is 31.5 Å². The monoisotopic (exact) mass is 164 g/mol. The van der Waals surface area contributed by atoms with Crippen molar-refractivity contribution in [3.8, 4) is 23.8 Å². The van der Waals surface area contributed by atoms with Crippen molar-refractivity contribution >= 4 is 8.07 Å². The van der Waals surface area contributed by atoms with Crippen LogP contribution in [-0.4, -0.2) is 8.07 Å². The lowest BCUT2D eigenvalue weighted by Crippen LogP contribution is -2.18. The number of hydrogen-bond acceptors (Lipinski definition) is 0. The van der Waals surface area contributed by atoms with E-state index in [1.165, 1.54) is 0 Å². The second kappa shape index (κ2) is 3.16. The van der Waals surface area contributed by atoms with Gasteiger partial charge in [-0.3, -0.25) is 0 Å². The molecule has 0 fully saturated rings. The molecule has 0 atom stereocenters. The Hall–Kier alpha value is -0.663. The van der Waals surface area contributed by atoms with Crippen LogP contribution in [0.3, 0.4) is 0 Å². The van der Waals surface area contributed by atoms with Crippen molar-refractivity contribution in [3.63, 3.8) is 0 Å². The first-order valence-corrected chi connectivity index (χ1v) is 7.29. The second-order valence-corrected chi connectivity index (χ2v) is 9.02. The fourth-order valence-electron chi connectivity index (χ4n) is 0.380. The molecule has 0 N–H and O–H groups in total. The van der Waals surface area contributed by atoms with Crippen LogP contribution in [0.5, 0.6) is 0 Å². The molecule has 0 aliphatic heterocycles. The predicted octanol–water partition coefficient (Wildman–Crippen LogP) is 2.53. The van der Waals surface area contributed by atoms with Gasteiger partial charge in [-0.15, -0.1) is 12.0 Å². The second-order valence-electron chi connectivity index (χ2n) is 4.27. The van der Waals surface area contributed by atoms with Crippen molar-refractivity contribution in [1.29, 1.82) is 0 Å². The topological polar surface area (TPSA) is 0 Å². The Kier molecular flexibility index (Phi) is 2.97. The zero-order chi connectivity index (χ0) is 9.12. The van der Waals surface area contributed by atoms with Crippen LogP contribution in [0.1, 0.15) is 13.8 Å². The zero-order valence-electron chi connectivity index (χ0n) is 8.08. The zero-order valence-corrected chi connectivity index (χ0v) is 9.08. The van der Waals surface area contributed by atoms with Gasteiger partial charge >= 0.3 is 0 Å². The molecule has 11 heavy (non-hydrogen) atoms. The van der Waals surface area contributed by atoms with E-state index in [0.717, 1.165) is 0 Å². The molecule has 0 aromatic heterocycles. The summed E-state index contributed by atoms with van der Waals surface area (Å²) in [7, 11) is -1.24. The number of terminal acetylenes is 1. The highest BCUT2D eigenvalue weighted by Gasteiger charge is 2.12. The maximum absolute atomic E-state index is 5.30. The maximum Gasteiger partial charge on any atom is 0.129 e. The molecule has 0 aromatic rings. The Balaban J connectivity index is 4.46. The maximum atomic E-state index is 5.30. The molecule has 0 aliphatic rings. The van der Waals surface area contributed by atoms with Gasteiger partial charge < -0.3 is 0 Å². The average Bonchev–Trinajstić information content (AvgIpc) is 1.83. The lowest BCUT2D eigenvalue weighted by molar-refractivity contribution is 0.687. The van der Waals surface area contributed by atoms with Gasteiger partial charge in [0.2, 0.25) is 0 Å². The van der Waals surface area contributed by atoms with E-state index in [0.29, 0.717) is 0 Å². The molecule has 0 rings (SSSR count). The van der Waals surface area contributed by atoms with E-state index in [9.17, 15) is 0 Å². The van der Waals surface area contributed by atoms with Gasteiger partial charge in [-0.25, -0.2) is 0 Å². The lowest BCUT2D eigenvalue weighted by atomic mass is 9.97. The van der Waals surface area contributed by atoms with E-state index < -0.39 is 8.07 Å². The molecule has 0 heterocycles. The fraction of sp³-hybridized carbons (Fsp3) is 0.600. The molecule has 0 saturated carbocycles. The molecule has 0 saturated heterocycles. The first-order valence-electron chi connectivity index (χ1n) is 3.79. The van der Waals surface area contributed by atoms with Crippen LogP contribution in [0.15, 0.2) is 0 Å². The summed E-state index contributed by atoms with van der Waals surface area (Å²) < 4.78 is 0. The van der Waals surface area contributed by atoms with Crippen LogP contribution in [-0.2, 0) is 0 Å². The van der Waals surface area contributed by atoms with Crippen molar-refractivity contribution in [2.45, 2.75) is 33.5 Å². The lowest BCUT2D eigenvalue weighted by Gasteiger charge is -2.10. The molecular weight excluding hydrogens is 148 g/mol. The highest BCUT2D eigenvalue weighted by molar-refractivity contribution is 6.83. The summed E-state index contributed by atoms with van der Waals surface area (Å²) in [5, 5.41) is 0. The third kappa shape index (κ3) is 5.77. The molecule has 0 bridgehead atoms. The Morgan fingerprint density at radius 3 is 1.91 bits per heavy atom. The van der Waals surface area contributed by atoms with E-state index in [4.69, 9.17) is 6.42 Å². The van der Waals surface area contributed by atoms with Crippen LogP contribution in [0.25, 0.3) is 0 Å². The van der Waals surface area contributed by atoms with E-state index in [1.54, 1.807) is 0 Å². The van der Waals surface area contributed by atoms with Crippen molar-refractivity contribution < 1.29 is 0 Å². The van der Waals surface area contributed by atoms with Gasteiger partial charge in [0.15, 0.2) is 0 Å². The van der Waals surface area contributed by atoms with Gasteiger partial charge in [0.05, 0.1) is 5.41 Å². The normalized spacial score (nSPS) is 11.3. The summed E-state index contributed by atoms with van der Waals surface area (Å²) in [6, 6.07) is 0. The average molecular weight is 164 g/mol. The Labute approximate surface area is 71.4 Å². The van der Waals surface area contributed by atoms with Crippen LogP contribution in [0.2, 0.25) is 19.6 Å². The quantitative estimate of drug-likeness (QED) is 0.381. The van der Waals surface area contributed by atoms with Gasteiger partial charge in [0.1, 0.15) is 8.07 Å². The van der Waals surface area contributed by atoms with Crippen molar-refractivity contribution in [3.05, 3.63) is 0 Å². The van der Waals surface area contributed by atoms with Gasteiger partial charge in [-0.2, -0.15) is 0 Å². The summed E-state index contributed by atoms with van der Waals surface area (Å²) in [5.74, 6) is 5.79. The van der Waals surface area contributed by atoms with E-state index >= 15 is 0 Å². The summed E-state index contributed by atoms with van der Waals surface area (Å²) >= 11 is 0. The van der Waals surface area contributed by atoms with Crippen molar-refractivity contribution in [1.82, 2.24) is 0 Å². The molecule has 0 aliphatic carbocycles. The third-order valence-corrected chi connectivity index (χ3v) is 1.99. The predicted molar refractivity (Wildman–Crippen MR) is 53.7 cm³/mol. The molecule has 60 valence electrons. The Morgan fingerprint density at radius 2 is 1.64 bits per heavy atom. The molecule has 0 radical (unpaired) electrons. The number of rotatable bonds is 0. The third-order valence-electron chi connectivity index (χ3n) is 1.11. The summed E-state index contributed by atoms with van der Waals surface area (Å²) in [6.45, 7) is 10.6. The van der Waals surface area contributed by atoms with Crippen molar-refractivity contribution in [2.75, 3.05) is 0 Å². The highest BCUT2D eigenvalue weighted by Crippen LogP contribution is 2.11. The van der Waals surface area contributed by atoms with Gasteiger partial charge in [0.25, 0.3) is 0 Å². The van der Waals surface area contributed by atoms with Crippen LogP contribution < -0.4 is 0 Å². The minimum Gasteiger partial charge on any atom is -0.130 e. The molecular formula is C10H16Si. The fourth-order valence-corrected chi connectivity index (χ4v) is 1.07. The van der Waals surface area contributed by atoms with Crippen LogP contribution in [0, 0.1) is 29.2 Å². The van der Waals surface area contributed by atoms with Crippen LogP contribution in [0.4, 0.5) is 0 Å². The smallest absolute Gasteiger partial charge is 0.129 e.